The normalized spacial score (nSPS) is 15.6. The quantitative estimate of drug-likeness (QED) is 0.719. The van der Waals surface area contributed by atoms with Crippen LogP contribution < -0.4 is 0 Å². The molecule has 0 N–H and O–H groups in total. The fourth-order valence-electron chi connectivity index (χ4n) is 2.20. The Morgan fingerprint density at radius 1 is 1.25 bits per heavy atom. The van der Waals surface area contributed by atoms with Gasteiger partial charge in [0.05, 0.1) is 5.70 Å². The highest BCUT2D eigenvalue weighted by molar-refractivity contribution is 5.70. The summed E-state index contributed by atoms with van der Waals surface area (Å²) in [6.07, 6.45) is 4.75. The van der Waals surface area contributed by atoms with Crippen LogP contribution in [0.5, 0.6) is 0 Å². The molecule has 1 aliphatic heterocycles. The first-order valence-electron chi connectivity index (χ1n) is 5.60. The molecule has 1 aromatic carbocycles. The lowest BCUT2D eigenvalue weighted by molar-refractivity contribution is 0.613. The van der Waals surface area contributed by atoms with Crippen LogP contribution in [0.15, 0.2) is 59.2 Å². The molecule has 0 fully saturated rings. The summed E-state index contributed by atoms with van der Waals surface area (Å²) in [5.41, 5.74) is 3.75. The molecule has 16 heavy (non-hydrogen) atoms. The summed E-state index contributed by atoms with van der Waals surface area (Å²) in [7, 11) is 0. The summed E-state index contributed by atoms with van der Waals surface area (Å²) in [6.45, 7) is 8.32. The van der Waals surface area contributed by atoms with E-state index in [1.807, 2.05) is 18.4 Å². The minimum absolute atomic E-state index is 0.0291. The zero-order chi connectivity index (χ0) is 11.6. The summed E-state index contributed by atoms with van der Waals surface area (Å²) in [4.78, 5) is 4.36. The Kier molecular flexibility index (Phi) is 2.78. The van der Waals surface area contributed by atoms with Gasteiger partial charge in [-0.15, -0.1) is 0 Å². The highest BCUT2D eigenvalue weighted by atomic mass is 14.8. The molecular formula is C15H17N. The van der Waals surface area contributed by atoms with Crippen LogP contribution in [-0.4, -0.2) is 6.21 Å². The maximum atomic E-state index is 4.36. The summed E-state index contributed by atoms with van der Waals surface area (Å²) in [6, 6.07) is 10.6. The zero-order valence-electron chi connectivity index (χ0n) is 9.90. The van der Waals surface area contributed by atoms with E-state index < -0.39 is 0 Å². The van der Waals surface area contributed by atoms with Gasteiger partial charge in [-0.3, -0.25) is 4.99 Å². The fraction of sp³-hybridized carbons (Fsp3) is 0.267. The SMILES string of the molecule is C=CC1=C(C(C)(C)c2ccccc2)CC=N1. The van der Waals surface area contributed by atoms with Crippen molar-refractivity contribution in [3.05, 3.63) is 59.8 Å². The zero-order valence-corrected chi connectivity index (χ0v) is 9.90. The number of rotatable bonds is 3. The number of allylic oxidation sites excluding steroid dienone is 2. The van der Waals surface area contributed by atoms with Crippen molar-refractivity contribution in [1.82, 2.24) is 0 Å². The first-order chi connectivity index (χ1) is 7.66. The standard InChI is InChI=1S/C15H17N/c1-4-14-13(10-11-16-14)15(2,3)12-8-6-5-7-9-12/h4-9,11H,1,10H2,2-3H3. The van der Waals surface area contributed by atoms with Gasteiger partial charge in [0.25, 0.3) is 0 Å². The van der Waals surface area contributed by atoms with Crippen molar-refractivity contribution in [2.75, 3.05) is 0 Å². The van der Waals surface area contributed by atoms with E-state index in [0.717, 1.165) is 12.1 Å². The van der Waals surface area contributed by atoms with E-state index in [2.05, 4.69) is 49.7 Å². The maximum absolute atomic E-state index is 4.36. The summed E-state index contributed by atoms with van der Waals surface area (Å²) in [5, 5.41) is 0. The van der Waals surface area contributed by atoms with E-state index in [1.165, 1.54) is 11.1 Å². The van der Waals surface area contributed by atoms with Gasteiger partial charge in [-0.25, -0.2) is 0 Å². The highest BCUT2D eigenvalue weighted by Gasteiger charge is 2.28. The second-order valence-corrected chi connectivity index (χ2v) is 4.57. The molecule has 2 rings (SSSR count). The van der Waals surface area contributed by atoms with E-state index in [-0.39, 0.29) is 5.41 Å². The van der Waals surface area contributed by atoms with Crippen LogP contribution in [0.1, 0.15) is 25.8 Å². The molecule has 0 spiro atoms. The average molecular weight is 211 g/mol. The predicted molar refractivity (Wildman–Crippen MR) is 69.8 cm³/mol. The number of nitrogens with zero attached hydrogens (tertiary/aromatic N) is 1. The molecule has 1 aromatic rings. The van der Waals surface area contributed by atoms with E-state index in [1.54, 1.807) is 0 Å². The van der Waals surface area contributed by atoms with Crippen LogP contribution in [0.4, 0.5) is 0 Å². The minimum atomic E-state index is 0.0291. The van der Waals surface area contributed by atoms with Gasteiger partial charge in [0.1, 0.15) is 0 Å². The molecule has 1 aliphatic rings. The lowest BCUT2D eigenvalue weighted by Gasteiger charge is -2.27. The predicted octanol–water partition coefficient (Wildman–Crippen LogP) is 3.88. The van der Waals surface area contributed by atoms with Crippen molar-refractivity contribution in [2.45, 2.75) is 25.7 Å². The Balaban J connectivity index is 2.44. The van der Waals surface area contributed by atoms with Gasteiger partial charge in [-0.2, -0.15) is 0 Å². The molecule has 1 heterocycles. The van der Waals surface area contributed by atoms with E-state index in [9.17, 15) is 0 Å². The highest BCUT2D eigenvalue weighted by Crippen LogP contribution is 2.37. The second kappa shape index (κ2) is 4.09. The van der Waals surface area contributed by atoms with Gasteiger partial charge in [0.15, 0.2) is 0 Å². The molecule has 0 radical (unpaired) electrons. The minimum Gasteiger partial charge on any atom is -0.261 e. The van der Waals surface area contributed by atoms with Gasteiger partial charge >= 0.3 is 0 Å². The van der Waals surface area contributed by atoms with Gasteiger partial charge in [-0.1, -0.05) is 50.8 Å². The lowest BCUT2D eigenvalue weighted by atomic mass is 9.76. The summed E-state index contributed by atoms with van der Waals surface area (Å²) < 4.78 is 0. The smallest absolute Gasteiger partial charge is 0.0624 e. The lowest BCUT2D eigenvalue weighted by Crippen LogP contribution is -2.20. The number of hydrogen-bond donors (Lipinski definition) is 0. The van der Waals surface area contributed by atoms with Gasteiger partial charge < -0.3 is 0 Å². The van der Waals surface area contributed by atoms with Crippen molar-refractivity contribution in [3.63, 3.8) is 0 Å². The second-order valence-electron chi connectivity index (χ2n) is 4.57. The van der Waals surface area contributed by atoms with Crippen molar-refractivity contribution < 1.29 is 0 Å². The number of aliphatic imine (C=N–C) groups is 1. The third-order valence-electron chi connectivity index (χ3n) is 3.28. The van der Waals surface area contributed by atoms with Crippen LogP contribution in [0.2, 0.25) is 0 Å². The number of hydrogen-bond acceptors (Lipinski definition) is 1. The molecule has 0 unspecified atom stereocenters. The third-order valence-corrected chi connectivity index (χ3v) is 3.28. The topological polar surface area (TPSA) is 12.4 Å². The van der Waals surface area contributed by atoms with E-state index >= 15 is 0 Å². The van der Waals surface area contributed by atoms with Crippen LogP contribution in [-0.2, 0) is 5.41 Å². The van der Waals surface area contributed by atoms with Crippen molar-refractivity contribution >= 4 is 6.21 Å². The molecule has 0 amide bonds. The van der Waals surface area contributed by atoms with Gasteiger partial charge in [0.2, 0.25) is 0 Å². The Morgan fingerprint density at radius 2 is 1.94 bits per heavy atom. The monoisotopic (exact) mass is 211 g/mol. The molecule has 0 saturated carbocycles. The van der Waals surface area contributed by atoms with Crippen LogP contribution in [0, 0.1) is 0 Å². The molecule has 1 nitrogen and oxygen atoms in total. The molecule has 82 valence electrons. The largest absolute Gasteiger partial charge is 0.261 e. The van der Waals surface area contributed by atoms with Gasteiger partial charge in [0, 0.05) is 18.1 Å². The van der Waals surface area contributed by atoms with E-state index in [0.29, 0.717) is 0 Å². The van der Waals surface area contributed by atoms with E-state index in [4.69, 9.17) is 0 Å². The molecule has 0 aliphatic carbocycles. The number of benzene rings is 1. The van der Waals surface area contributed by atoms with Crippen LogP contribution in [0.3, 0.4) is 0 Å². The fourth-order valence-corrected chi connectivity index (χ4v) is 2.20. The third kappa shape index (κ3) is 1.73. The first-order valence-corrected chi connectivity index (χ1v) is 5.60. The molecule has 1 heteroatoms. The summed E-state index contributed by atoms with van der Waals surface area (Å²) in [5.74, 6) is 0. The summed E-state index contributed by atoms with van der Waals surface area (Å²) >= 11 is 0. The Labute approximate surface area is 97.2 Å². The molecule has 0 bridgehead atoms. The Hall–Kier alpha value is -1.63. The first kappa shape index (κ1) is 10.9. The Bertz CT molecular complexity index is 450. The average Bonchev–Trinajstić information content (AvgIpc) is 2.79. The maximum Gasteiger partial charge on any atom is 0.0624 e. The molecular weight excluding hydrogens is 194 g/mol. The van der Waals surface area contributed by atoms with Gasteiger partial charge in [-0.05, 0) is 17.2 Å². The molecule has 0 aromatic heterocycles. The van der Waals surface area contributed by atoms with Crippen LogP contribution in [0.25, 0.3) is 0 Å². The van der Waals surface area contributed by atoms with Crippen molar-refractivity contribution in [2.24, 2.45) is 4.99 Å². The molecule has 0 atom stereocenters. The van der Waals surface area contributed by atoms with Crippen molar-refractivity contribution in [1.29, 1.82) is 0 Å². The Morgan fingerprint density at radius 3 is 2.56 bits per heavy atom. The molecule has 0 saturated heterocycles. The van der Waals surface area contributed by atoms with Crippen LogP contribution >= 0.6 is 0 Å². The van der Waals surface area contributed by atoms with Crippen molar-refractivity contribution in [3.8, 4) is 0 Å².